The zero-order valence-electron chi connectivity index (χ0n) is 14.1. The van der Waals surface area contributed by atoms with Crippen molar-refractivity contribution in [3.05, 3.63) is 54.4 Å². The van der Waals surface area contributed by atoms with Crippen LogP contribution in [0.25, 0.3) is 0 Å². The van der Waals surface area contributed by atoms with Gasteiger partial charge in [-0.1, -0.05) is 18.2 Å². The molecular weight excluding hydrogens is 316 g/mol. The van der Waals surface area contributed by atoms with Gasteiger partial charge in [-0.25, -0.2) is 0 Å². The van der Waals surface area contributed by atoms with Crippen molar-refractivity contribution in [2.24, 2.45) is 4.99 Å². The molecular formula is C19H20N4O2. The maximum atomic E-state index is 8.94. The van der Waals surface area contributed by atoms with Crippen LogP contribution in [-0.4, -0.2) is 35.1 Å². The molecule has 6 heteroatoms. The fourth-order valence-corrected chi connectivity index (χ4v) is 2.75. The van der Waals surface area contributed by atoms with E-state index in [0.29, 0.717) is 11.8 Å². The molecule has 0 N–H and O–H groups in total. The second-order valence-corrected chi connectivity index (χ2v) is 5.85. The van der Waals surface area contributed by atoms with Gasteiger partial charge in [0.05, 0.1) is 0 Å². The molecule has 0 unspecified atom stereocenters. The van der Waals surface area contributed by atoms with Crippen LogP contribution in [-0.2, 0) is 0 Å². The van der Waals surface area contributed by atoms with Gasteiger partial charge in [0.2, 0.25) is 6.19 Å². The minimum atomic E-state index is 0.137. The maximum absolute atomic E-state index is 8.94. The number of para-hydroxylation sites is 1. The molecule has 0 bridgehead atoms. The van der Waals surface area contributed by atoms with E-state index < -0.39 is 0 Å². The fraction of sp³-hybridized carbons (Fsp3) is 0.316. The fourth-order valence-electron chi connectivity index (χ4n) is 2.75. The smallest absolute Gasteiger partial charge is 0.308 e. The molecule has 2 aromatic rings. The molecule has 1 aliphatic rings. The number of nitrogens with zero attached hydrogens (tertiary/aromatic N) is 4. The van der Waals surface area contributed by atoms with Gasteiger partial charge in [0.1, 0.15) is 17.6 Å². The van der Waals surface area contributed by atoms with E-state index in [1.54, 1.807) is 6.20 Å². The van der Waals surface area contributed by atoms with Crippen molar-refractivity contribution in [1.29, 1.82) is 5.26 Å². The van der Waals surface area contributed by atoms with E-state index in [2.05, 4.69) is 9.98 Å². The van der Waals surface area contributed by atoms with Crippen LogP contribution in [0.2, 0.25) is 0 Å². The van der Waals surface area contributed by atoms with E-state index in [-0.39, 0.29) is 6.10 Å². The van der Waals surface area contributed by atoms with Gasteiger partial charge in [0.25, 0.3) is 0 Å². The summed E-state index contributed by atoms with van der Waals surface area (Å²) >= 11 is 0. The first-order valence-electron chi connectivity index (χ1n) is 8.28. The topological polar surface area (TPSA) is 70.7 Å². The number of nitriles is 1. The second-order valence-electron chi connectivity index (χ2n) is 5.85. The van der Waals surface area contributed by atoms with Gasteiger partial charge in [-0.15, -0.1) is 4.99 Å². The van der Waals surface area contributed by atoms with Gasteiger partial charge in [-0.2, -0.15) is 5.26 Å². The number of pyridine rings is 1. The number of ether oxygens (including phenoxy) is 2. The predicted molar refractivity (Wildman–Crippen MR) is 94.3 cm³/mol. The van der Waals surface area contributed by atoms with E-state index in [9.17, 15) is 0 Å². The number of hydrogen-bond acceptors (Lipinski definition) is 5. The lowest BCUT2D eigenvalue weighted by Gasteiger charge is -2.33. The quantitative estimate of drug-likeness (QED) is 0.489. The first kappa shape index (κ1) is 16.8. The van der Waals surface area contributed by atoms with E-state index in [0.717, 1.165) is 37.4 Å². The van der Waals surface area contributed by atoms with Crippen LogP contribution in [0, 0.1) is 18.4 Å². The van der Waals surface area contributed by atoms with E-state index in [1.165, 1.54) is 0 Å². The van der Waals surface area contributed by atoms with Gasteiger partial charge in [0, 0.05) is 43.9 Å². The lowest BCUT2D eigenvalue weighted by molar-refractivity contribution is 0.124. The Kier molecular flexibility index (Phi) is 5.47. The van der Waals surface area contributed by atoms with E-state index in [4.69, 9.17) is 14.7 Å². The van der Waals surface area contributed by atoms with Crippen molar-refractivity contribution in [3.63, 3.8) is 0 Å². The summed E-state index contributed by atoms with van der Waals surface area (Å²) in [5, 5.41) is 8.94. The summed E-state index contributed by atoms with van der Waals surface area (Å²) in [6.45, 7) is 3.39. The third-order valence-corrected chi connectivity index (χ3v) is 3.98. The molecule has 2 heterocycles. The number of hydrogen-bond donors (Lipinski definition) is 0. The predicted octanol–water partition coefficient (Wildman–Crippen LogP) is 3.15. The number of aryl methyl sites for hydroxylation is 1. The monoisotopic (exact) mass is 336 g/mol. The van der Waals surface area contributed by atoms with Crippen LogP contribution >= 0.6 is 0 Å². The number of benzene rings is 1. The Bertz CT molecular complexity index is 762. The summed E-state index contributed by atoms with van der Waals surface area (Å²) in [5.74, 6) is 1.51. The standard InChI is InChI=1S/C19H20N4O2/c1-15-13-18(7-10-21-15)24-17-8-11-23(12-9-17)19(22-14-20)25-16-5-3-2-4-6-16/h2-7,10,13,17H,8-9,11-12H2,1H3/b22-19-. The zero-order chi connectivity index (χ0) is 17.5. The van der Waals surface area contributed by atoms with Crippen LogP contribution in [0.1, 0.15) is 18.5 Å². The molecule has 3 rings (SSSR count). The van der Waals surface area contributed by atoms with E-state index in [1.807, 2.05) is 60.5 Å². The van der Waals surface area contributed by atoms with Gasteiger partial charge < -0.3 is 14.4 Å². The summed E-state index contributed by atoms with van der Waals surface area (Å²) in [6, 6.07) is 13.5. The molecule has 1 saturated heterocycles. The van der Waals surface area contributed by atoms with Crippen molar-refractivity contribution >= 4 is 6.02 Å². The average molecular weight is 336 g/mol. The molecule has 0 atom stereocenters. The van der Waals surface area contributed by atoms with Crippen molar-refractivity contribution in [2.75, 3.05) is 13.1 Å². The minimum Gasteiger partial charge on any atom is -0.490 e. The molecule has 1 fully saturated rings. The van der Waals surface area contributed by atoms with Gasteiger partial charge in [-0.3, -0.25) is 4.98 Å². The van der Waals surface area contributed by atoms with Crippen LogP contribution in [0.3, 0.4) is 0 Å². The number of piperidine rings is 1. The summed E-state index contributed by atoms with van der Waals surface area (Å²) < 4.78 is 11.8. The molecule has 0 amide bonds. The van der Waals surface area contributed by atoms with Crippen LogP contribution in [0.15, 0.2) is 53.7 Å². The minimum absolute atomic E-state index is 0.137. The Labute approximate surface area is 147 Å². The highest BCUT2D eigenvalue weighted by atomic mass is 16.5. The van der Waals surface area contributed by atoms with Crippen LogP contribution in [0.4, 0.5) is 0 Å². The third kappa shape index (κ3) is 4.70. The normalized spacial score (nSPS) is 15.5. The summed E-state index contributed by atoms with van der Waals surface area (Å²) in [7, 11) is 0. The summed E-state index contributed by atoms with van der Waals surface area (Å²) in [6.07, 6.45) is 5.39. The highest BCUT2D eigenvalue weighted by Crippen LogP contribution is 2.20. The Hall–Kier alpha value is -3.07. The lowest BCUT2D eigenvalue weighted by Crippen LogP contribution is -2.43. The molecule has 0 saturated carbocycles. The van der Waals surface area contributed by atoms with Gasteiger partial charge >= 0.3 is 6.02 Å². The Morgan fingerprint density at radius 2 is 1.96 bits per heavy atom. The third-order valence-electron chi connectivity index (χ3n) is 3.98. The number of likely N-dealkylation sites (tertiary alicyclic amines) is 1. The van der Waals surface area contributed by atoms with Crippen LogP contribution < -0.4 is 9.47 Å². The Morgan fingerprint density at radius 1 is 1.20 bits per heavy atom. The molecule has 128 valence electrons. The first-order chi connectivity index (χ1) is 12.2. The second kappa shape index (κ2) is 8.15. The van der Waals surface area contributed by atoms with Gasteiger partial charge in [-0.05, 0) is 25.1 Å². The van der Waals surface area contributed by atoms with Crippen molar-refractivity contribution < 1.29 is 9.47 Å². The van der Waals surface area contributed by atoms with Crippen molar-refractivity contribution in [3.8, 4) is 17.7 Å². The largest absolute Gasteiger partial charge is 0.490 e. The van der Waals surface area contributed by atoms with E-state index >= 15 is 0 Å². The molecule has 0 aliphatic carbocycles. The maximum Gasteiger partial charge on any atom is 0.308 e. The van der Waals surface area contributed by atoms with Crippen molar-refractivity contribution in [1.82, 2.24) is 9.88 Å². The summed E-state index contributed by atoms with van der Waals surface area (Å²) in [4.78, 5) is 10.00. The molecule has 1 aromatic heterocycles. The van der Waals surface area contributed by atoms with Crippen molar-refractivity contribution in [2.45, 2.75) is 25.9 Å². The number of aromatic nitrogens is 1. The number of rotatable bonds is 3. The highest BCUT2D eigenvalue weighted by molar-refractivity contribution is 5.77. The summed E-state index contributed by atoms with van der Waals surface area (Å²) in [5.41, 5.74) is 0.939. The molecule has 1 aromatic carbocycles. The van der Waals surface area contributed by atoms with Crippen LogP contribution in [0.5, 0.6) is 11.5 Å². The Balaban J connectivity index is 1.58. The molecule has 6 nitrogen and oxygen atoms in total. The number of aliphatic imine (C=N–C) groups is 1. The highest BCUT2D eigenvalue weighted by Gasteiger charge is 2.24. The Morgan fingerprint density at radius 3 is 2.64 bits per heavy atom. The number of amidine groups is 1. The zero-order valence-corrected chi connectivity index (χ0v) is 14.1. The lowest BCUT2D eigenvalue weighted by atomic mass is 10.1. The molecule has 0 radical (unpaired) electrons. The average Bonchev–Trinajstić information content (AvgIpc) is 2.63. The molecule has 25 heavy (non-hydrogen) atoms. The van der Waals surface area contributed by atoms with Gasteiger partial charge in [0.15, 0.2) is 0 Å². The molecule has 0 spiro atoms. The molecule has 1 aliphatic heterocycles. The SMILES string of the molecule is Cc1cc(OC2CCN(/C(=N/C#N)Oc3ccccc3)CC2)ccn1. The first-order valence-corrected chi connectivity index (χ1v) is 8.28.